The van der Waals surface area contributed by atoms with Gasteiger partial charge in [-0.2, -0.15) is 0 Å². The highest BCUT2D eigenvalue weighted by Crippen LogP contribution is 2.32. The molecule has 0 bridgehead atoms. The molecule has 1 aromatic rings. The van der Waals surface area contributed by atoms with Crippen molar-refractivity contribution < 1.29 is 0 Å². The second-order valence-corrected chi connectivity index (χ2v) is 3.27. The molecule has 0 radical (unpaired) electrons. The summed E-state index contributed by atoms with van der Waals surface area (Å²) in [6, 6.07) is 2.61. The Balaban J connectivity index is 2.27. The molecule has 2 heteroatoms. The lowest BCUT2D eigenvalue weighted by molar-refractivity contribution is 0.659. The Labute approximate surface area is 72.6 Å². The zero-order valence-corrected chi connectivity index (χ0v) is 7.03. The maximum atomic E-state index is 5.34. The molecule has 1 aliphatic rings. The maximum absolute atomic E-state index is 5.34. The van der Waals surface area contributed by atoms with Crippen LogP contribution in [0.25, 0.3) is 0 Å². The van der Waals surface area contributed by atoms with Crippen molar-refractivity contribution in [3.63, 3.8) is 0 Å². The van der Waals surface area contributed by atoms with Crippen LogP contribution in [0.3, 0.4) is 0 Å². The summed E-state index contributed by atoms with van der Waals surface area (Å²) in [7, 11) is 0. The Hall–Kier alpha value is -1.23. The molecule has 12 heavy (non-hydrogen) atoms. The molecule has 0 saturated heterocycles. The minimum atomic E-state index is 0.607. The topological polar surface area (TPSA) is 17.8 Å². The monoisotopic (exact) mass is 160 g/mol. The van der Waals surface area contributed by atoms with Gasteiger partial charge in [0.2, 0.25) is 0 Å². The molecule has 2 nitrogen and oxygen atoms in total. The predicted molar refractivity (Wildman–Crippen MR) is 47.7 cm³/mol. The summed E-state index contributed by atoms with van der Waals surface area (Å²) in [6.07, 6.45) is 14.1. The highest BCUT2D eigenvalue weighted by Gasteiger charge is 2.20. The van der Waals surface area contributed by atoms with Gasteiger partial charge in [-0.25, -0.2) is 4.98 Å². The van der Waals surface area contributed by atoms with Crippen molar-refractivity contribution in [2.24, 2.45) is 0 Å². The number of rotatable bonds is 1. The molecule has 0 N–H and O–H groups in total. The molecule has 1 aromatic heterocycles. The van der Waals surface area contributed by atoms with Crippen LogP contribution >= 0.6 is 0 Å². The normalized spacial score (nSPS) is 17.9. The summed E-state index contributed by atoms with van der Waals surface area (Å²) in [5.74, 6) is 1.69. The van der Waals surface area contributed by atoms with Crippen molar-refractivity contribution in [3.8, 4) is 12.5 Å². The fraction of sp³-hybridized carbons (Fsp3) is 0.500. The van der Waals surface area contributed by atoms with Crippen LogP contribution in [0.15, 0.2) is 12.4 Å². The molecule has 0 spiro atoms. The number of imidazole rings is 1. The zero-order chi connectivity index (χ0) is 8.39. The molecule has 0 atom stereocenters. The molecule has 1 fully saturated rings. The van der Waals surface area contributed by atoms with Crippen LogP contribution in [0.2, 0.25) is 0 Å². The summed E-state index contributed by atoms with van der Waals surface area (Å²) in [6.45, 7) is 0. The second-order valence-electron chi connectivity index (χ2n) is 3.27. The molecule has 0 aromatic carbocycles. The van der Waals surface area contributed by atoms with Gasteiger partial charge in [0.15, 0.2) is 0 Å². The smallest absolute Gasteiger partial charge is 0.123 e. The fourth-order valence-electron chi connectivity index (χ4n) is 1.91. The third-order valence-corrected chi connectivity index (χ3v) is 2.53. The predicted octanol–water partition coefficient (Wildman–Crippen LogP) is 1.98. The lowest BCUT2D eigenvalue weighted by Crippen LogP contribution is -2.01. The molecule has 2 rings (SSSR count). The van der Waals surface area contributed by atoms with Crippen LogP contribution in [0.4, 0.5) is 0 Å². The van der Waals surface area contributed by atoms with Crippen molar-refractivity contribution in [3.05, 3.63) is 18.2 Å². The SMILES string of the molecule is C#Cn1ccnc1C1CCCC1. The van der Waals surface area contributed by atoms with Gasteiger partial charge in [-0.05, 0) is 12.8 Å². The number of terminal acetylenes is 1. The van der Waals surface area contributed by atoms with Crippen LogP contribution in [0, 0.1) is 12.5 Å². The van der Waals surface area contributed by atoms with E-state index >= 15 is 0 Å². The molecular weight excluding hydrogens is 148 g/mol. The standard InChI is InChI=1S/C10H12N2/c1-2-12-8-7-11-10(12)9-5-3-4-6-9/h1,7-9H,3-6H2. The van der Waals surface area contributed by atoms with E-state index in [9.17, 15) is 0 Å². The molecule has 0 amide bonds. The molecule has 0 unspecified atom stereocenters. The van der Waals surface area contributed by atoms with Gasteiger partial charge in [0, 0.05) is 24.4 Å². The second kappa shape index (κ2) is 3.02. The number of hydrogen-bond donors (Lipinski definition) is 0. The van der Waals surface area contributed by atoms with Crippen molar-refractivity contribution in [2.75, 3.05) is 0 Å². The van der Waals surface area contributed by atoms with E-state index in [0.717, 1.165) is 5.82 Å². The maximum Gasteiger partial charge on any atom is 0.123 e. The molecular formula is C10H12N2. The Morgan fingerprint density at radius 1 is 1.50 bits per heavy atom. The summed E-state index contributed by atoms with van der Waals surface area (Å²) in [5, 5.41) is 0. The van der Waals surface area contributed by atoms with Crippen molar-refractivity contribution in [1.82, 2.24) is 9.55 Å². The van der Waals surface area contributed by atoms with Gasteiger partial charge in [-0.1, -0.05) is 19.3 Å². The van der Waals surface area contributed by atoms with Gasteiger partial charge in [0.25, 0.3) is 0 Å². The summed E-state index contributed by atoms with van der Waals surface area (Å²) < 4.78 is 1.80. The molecule has 1 heterocycles. The third-order valence-electron chi connectivity index (χ3n) is 2.53. The first-order valence-corrected chi connectivity index (χ1v) is 4.41. The molecule has 0 aliphatic heterocycles. The fourth-order valence-corrected chi connectivity index (χ4v) is 1.91. The van der Waals surface area contributed by atoms with Crippen LogP contribution in [0.5, 0.6) is 0 Å². The van der Waals surface area contributed by atoms with Crippen LogP contribution in [-0.4, -0.2) is 9.55 Å². The number of hydrogen-bond acceptors (Lipinski definition) is 1. The van der Waals surface area contributed by atoms with E-state index in [1.54, 1.807) is 10.8 Å². The molecule has 1 saturated carbocycles. The van der Waals surface area contributed by atoms with E-state index in [-0.39, 0.29) is 0 Å². The van der Waals surface area contributed by atoms with Gasteiger partial charge < -0.3 is 0 Å². The Kier molecular flexibility index (Phi) is 1.87. The number of nitrogens with zero attached hydrogens (tertiary/aromatic N) is 2. The number of aromatic nitrogens is 2. The minimum absolute atomic E-state index is 0.607. The summed E-state index contributed by atoms with van der Waals surface area (Å²) in [4.78, 5) is 4.29. The van der Waals surface area contributed by atoms with Crippen molar-refractivity contribution in [2.45, 2.75) is 31.6 Å². The average molecular weight is 160 g/mol. The molecule has 1 aliphatic carbocycles. The van der Waals surface area contributed by atoms with Gasteiger partial charge in [-0.3, -0.25) is 4.57 Å². The quantitative estimate of drug-likeness (QED) is 0.574. The largest absolute Gasteiger partial charge is 0.262 e. The van der Waals surface area contributed by atoms with E-state index in [0.29, 0.717) is 5.92 Å². The van der Waals surface area contributed by atoms with Crippen molar-refractivity contribution in [1.29, 1.82) is 0 Å². The summed E-state index contributed by atoms with van der Waals surface area (Å²) in [5.41, 5.74) is 0. The Morgan fingerprint density at radius 2 is 2.25 bits per heavy atom. The molecule has 62 valence electrons. The first-order valence-electron chi connectivity index (χ1n) is 4.41. The van der Waals surface area contributed by atoms with Gasteiger partial charge >= 0.3 is 0 Å². The summed E-state index contributed by atoms with van der Waals surface area (Å²) >= 11 is 0. The van der Waals surface area contributed by atoms with Gasteiger partial charge in [0.1, 0.15) is 5.82 Å². The highest BCUT2D eigenvalue weighted by molar-refractivity contribution is 5.09. The average Bonchev–Trinajstić information content (AvgIpc) is 2.74. The Morgan fingerprint density at radius 3 is 2.92 bits per heavy atom. The van der Waals surface area contributed by atoms with Gasteiger partial charge in [0.05, 0.1) is 0 Å². The van der Waals surface area contributed by atoms with Crippen LogP contribution < -0.4 is 0 Å². The minimum Gasteiger partial charge on any atom is -0.262 e. The lowest BCUT2D eigenvalue weighted by Gasteiger charge is -2.06. The van der Waals surface area contributed by atoms with E-state index in [1.807, 2.05) is 6.20 Å². The van der Waals surface area contributed by atoms with Crippen molar-refractivity contribution >= 4 is 0 Å². The Bertz CT molecular complexity index is 300. The first kappa shape index (κ1) is 7.42. The first-order chi connectivity index (χ1) is 5.92. The lowest BCUT2D eigenvalue weighted by atomic mass is 10.1. The third kappa shape index (κ3) is 1.12. The van der Waals surface area contributed by atoms with E-state index in [2.05, 4.69) is 11.0 Å². The highest BCUT2D eigenvalue weighted by atomic mass is 15.0. The zero-order valence-electron chi connectivity index (χ0n) is 7.03. The van der Waals surface area contributed by atoms with E-state index in [4.69, 9.17) is 6.42 Å². The van der Waals surface area contributed by atoms with Crippen LogP contribution in [0.1, 0.15) is 37.4 Å². The van der Waals surface area contributed by atoms with Crippen LogP contribution in [-0.2, 0) is 0 Å². The van der Waals surface area contributed by atoms with E-state index < -0.39 is 0 Å². The van der Waals surface area contributed by atoms with E-state index in [1.165, 1.54) is 25.7 Å². The van der Waals surface area contributed by atoms with Gasteiger partial charge in [-0.15, -0.1) is 0 Å².